The van der Waals surface area contributed by atoms with Crippen LogP contribution in [0.2, 0.25) is 0 Å². The normalized spacial score (nSPS) is 10.4. The van der Waals surface area contributed by atoms with Gasteiger partial charge in [-0.3, -0.25) is 0 Å². The van der Waals surface area contributed by atoms with Crippen molar-refractivity contribution in [1.29, 1.82) is 0 Å². The summed E-state index contributed by atoms with van der Waals surface area (Å²) >= 11 is 0. The first-order chi connectivity index (χ1) is 9.24. The van der Waals surface area contributed by atoms with Gasteiger partial charge >= 0.3 is 0 Å². The van der Waals surface area contributed by atoms with E-state index in [0.717, 1.165) is 19.6 Å². The Bertz CT molecular complexity index is 486. The van der Waals surface area contributed by atoms with Crippen LogP contribution >= 0.6 is 0 Å². The maximum absolute atomic E-state index is 3.45. The molecule has 0 aromatic heterocycles. The van der Waals surface area contributed by atoms with Crippen molar-refractivity contribution in [3.8, 4) is 0 Å². The van der Waals surface area contributed by atoms with Gasteiger partial charge < -0.3 is 10.6 Å². The molecule has 0 aliphatic heterocycles. The van der Waals surface area contributed by atoms with Crippen LogP contribution in [0.1, 0.15) is 16.7 Å². The van der Waals surface area contributed by atoms with Gasteiger partial charge in [-0.25, -0.2) is 0 Å². The molecule has 0 radical (unpaired) electrons. The van der Waals surface area contributed by atoms with Crippen LogP contribution in [-0.4, -0.2) is 13.1 Å². The molecule has 2 heteroatoms. The molecule has 19 heavy (non-hydrogen) atoms. The molecule has 0 unspecified atom stereocenters. The van der Waals surface area contributed by atoms with E-state index < -0.39 is 0 Å². The summed E-state index contributed by atoms with van der Waals surface area (Å²) in [6.07, 6.45) is 0. The molecule has 2 aromatic carbocycles. The Morgan fingerprint density at radius 3 is 2.21 bits per heavy atom. The minimum absolute atomic E-state index is 0.926. The lowest BCUT2D eigenvalue weighted by Crippen LogP contribution is -2.21. The van der Waals surface area contributed by atoms with Crippen molar-refractivity contribution in [2.45, 2.75) is 20.4 Å². The molecule has 2 nitrogen and oxygen atoms in total. The summed E-state index contributed by atoms with van der Waals surface area (Å²) in [6, 6.07) is 17.0. The van der Waals surface area contributed by atoms with Crippen LogP contribution in [-0.2, 0) is 6.54 Å². The molecule has 0 atom stereocenters. The Hall–Kier alpha value is -1.80. The first-order valence-corrected chi connectivity index (χ1v) is 6.81. The summed E-state index contributed by atoms with van der Waals surface area (Å²) in [4.78, 5) is 0. The number of benzene rings is 2. The summed E-state index contributed by atoms with van der Waals surface area (Å²) < 4.78 is 0. The largest absolute Gasteiger partial charge is 0.384 e. The zero-order valence-electron chi connectivity index (χ0n) is 11.7. The maximum atomic E-state index is 3.45. The Kier molecular flexibility index (Phi) is 4.99. The predicted molar refractivity (Wildman–Crippen MR) is 82.6 cm³/mol. The molecule has 0 heterocycles. The van der Waals surface area contributed by atoms with E-state index in [-0.39, 0.29) is 0 Å². The fourth-order valence-electron chi connectivity index (χ4n) is 2.20. The van der Waals surface area contributed by atoms with Crippen LogP contribution in [0.4, 0.5) is 5.69 Å². The second-order valence-corrected chi connectivity index (χ2v) is 4.97. The van der Waals surface area contributed by atoms with Gasteiger partial charge in [0.25, 0.3) is 0 Å². The van der Waals surface area contributed by atoms with Gasteiger partial charge in [0.1, 0.15) is 0 Å². The molecule has 0 bridgehead atoms. The summed E-state index contributed by atoms with van der Waals surface area (Å²) in [6.45, 7) is 7.09. The smallest absolute Gasteiger partial charge is 0.0345 e. The average Bonchev–Trinajstić information content (AvgIpc) is 2.38. The molecule has 0 saturated heterocycles. The van der Waals surface area contributed by atoms with Crippen molar-refractivity contribution in [1.82, 2.24) is 5.32 Å². The van der Waals surface area contributed by atoms with Crippen LogP contribution in [0.3, 0.4) is 0 Å². The zero-order chi connectivity index (χ0) is 13.5. The summed E-state index contributed by atoms with van der Waals surface area (Å²) in [5.74, 6) is 0. The van der Waals surface area contributed by atoms with Crippen molar-refractivity contribution in [3.05, 3.63) is 65.2 Å². The molecule has 2 N–H and O–H groups in total. The van der Waals surface area contributed by atoms with Crippen molar-refractivity contribution in [2.24, 2.45) is 0 Å². The van der Waals surface area contributed by atoms with Crippen molar-refractivity contribution >= 4 is 5.69 Å². The topological polar surface area (TPSA) is 24.1 Å². The number of nitrogens with one attached hydrogen (secondary N) is 2. The molecule has 100 valence electrons. The van der Waals surface area contributed by atoms with Crippen LogP contribution in [0, 0.1) is 13.8 Å². The van der Waals surface area contributed by atoms with Gasteiger partial charge in [0.05, 0.1) is 0 Å². The molecule has 2 aromatic rings. The van der Waals surface area contributed by atoms with E-state index in [1.165, 1.54) is 22.4 Å². The second kappa shape index (κ2) is 6.95. The molecule has 0 saturated carbocycles. The third-order valence-corrected chi connectivity index (χ3v) is 3.02. The quantitative estimate of drug-likeness (QED) is 0.771. The molecule has 0 fully saturated rings. The highest BCUT2D eigenvalue weighted by Gasteiger charge is 1.95. The standard InChI is InChI=1S/C17H22N2/c1-14-10-15(2)12-17(11-14)19-9-8-18-13-16-6-4-3-5-7-16/h3-7,10-12,18-19H,8-9,13H2,1-2H3. The Balaban J connectivity index is 1.69. The lowest BCUT2D eigenvalue weighted by atomic mass is 10.1. The van der Waals surface area contributed by atoms with E-state index in [1.807, 2.05) is 6.07 Å². The molecular weight excluding hydrogens is 232 g/mol. The number of hydrogen-bond donors (Lipinski definition) is 2. The second-order valence-electron chi connectivity index (χ2n) is 4.97. The number of rotatable bonds is 6. The van der Waals surface area contributed by atoms with E-state index >= 15 is 0 Å². The van der Waals surface area contributed by atoms with Gasteiger partial charge in [-0.15, -0.1) is 0 Å². The van der Waals surface area contributed by atoms with Gasteiger partial charge in [0.2, 0.25) is 0 Å². The van der Waals surface area contributed by atoms with E-state index in [9.17, 15) is 0 Å². The highest BCUT2D eigenvalue weighted by Crippen LogP contribution is 2.13. The molecule has 0 amide bonds. The number of aryl methyl sites for hydroxylation is 2. The third-order valence-electron chi connectivity index (χ3n) is 3.02. The van der Waals surface area contributed by atoms with Crippen molar-refractivity contribution in [2.75, 3.05) is 18.4 Å². The van der Waals surface area contributed by atoms with Gasteiger partial charge in [0.15, 0.2) is 0 Å². The molecule has 0 spiro atoms. The van der Waals surface area contributed by atoms with Gasteiger partial charge in [-0.2, -0.15) is 0 Å². The van der Waals surface area contributed by atoms with E-state index in [2.05, 4.69) is 66.9 Å². The molecule has 0 aliphatic rings. The summed E-state index contributed by atoms with van der Waals surface area (Å²) in [5.41, 5.74) is 5.15. The lowest BCUT2D eigenvalue weighted by molar-refractivity contribution is 0.707. The van der Waals surface area contributed by atoms with E-state index in [0.29, 0.717) is 0 Å². The number of anilines is 1. The van der Waals surface area contributed by atoms with Gasteiger partial charge in [-0.05, 0) is 42.7 Å². The fourth-order valence-corrected chi connectivity index (χ4v) is 2.20. The van der Waals surface area contributed by atoms with E-state index in [4.69, 9.17) is 0 Å². The van der Waals surface area contributed by atoms with Crippen LogP contribution in [0.15, 0.2) is 48.5 Å². The van der Waals surface area contributed by atoms with Crippen LogP contribution < -0.4 is 10.6 Å². The zero-order valence-corrected chi connectivity index (χ0v) is 11.7. The minimum Gasteiger partial charge on any atom is -0.384 e. The Morgan fingerprint density at radius 2 is 1.53 bits per heavy atom. The van der Waals surface area contributed by atoms with Crippen molar-refractivity contribution < 1.29 is 0 Å². The highest BCUT2D eigenvalue weighted by molar-refractivity contribution is 5.48. The Morgan fingerprint density at radius 1 is 0.842 bits per heavy atom. The van der Waals surface area contributed by atoms with E-state index in [1.54, 1.807) is 0 Å². The SMILES string of the molecule is Cc1cc(C)cc(NCCNCc2ccccc2)c1. The van der Waals surface area contributed by atoms with Crippen LogP contribution in [0.5, 0.6) is 0 Å². The minimum atomic E-state index is 0.926. The fraction of sp³-hybridized carbons (Fsp3) is 0.294. The van der Waals surface area contributed by atoms with Crippen molar-refractivity contribution in [3.63, 3.8) is 0 Å². The summed E-state index contributed by atoms with van der Waals surface area (Å²) in [5, 5.41) is 6.89. The highest BCUT2D eigenvalue weighted by atomic mass is 14.9. The molecule has 2 rings (SSSR count). The molecule has 0 aliphatic carbocycles. The summed E-state index contributed by atoms with van der Waals surface area (Å²) in [7, 11) is 0. The first-order valence-electron chi connectivity index (χ1n) is 6.81. The predicted octanol–water partition coefficient (Wildman–Crippen LogP) is 3.51. The molecular formula is C17H22N2. The first kappa shape index (κ1) is 13.6. The third kappa shape index (κ3) is 4.76. The van der Waals surface area contributed by atoms with Crippen LogP contribution in [0.25, 0.3) is 0 Å². The van der Waals surface area contributed by atoms with Gasteiger partial charge in [-0.1, -0.05) is 36.4 Å². The number of hydrogen-bond acceptors (Lipinski definition) is 2. The Labute approximate surface area is 115 Å². The lowest BCUT2D eigenvalue weighted by Gasteiger charge is -2.09. The average molecular weight is 254 g/mol. The van der Waals surface area contributed by atoms with Gasteiger partial charge in [0, 0.05) is 25.3 Å². The monoisotopic (exact) mass is 254 g/mol. The maximum Gasteiger partial charge on any atom is 0.0345 e.